The number of nitrogens with zero attached hydrogens (tertiary/aromatic N) is 1. The molecule has 0 saturated carbocycles. The van der Waals surface area contributed by atoms with E-state index in [1.54, 1.807) is 0 Å². The molecule has 0 amide bonds. The molecule has 0 aromatic heterocycles. The average Bonchev–Trinajstić information content (AvgIpc) is 2.35. The second-order valence-electron chi connectivity index (χ2n) is 4.40. The Morgan fingerprint density at radius 3 is 2.61 bits per heavy atom. The van der Waals surface area contributed by atoms with Gasteiger partial charge in [-0.25, -0.2) is 0 Å². The van der Waals surface area contributed by atoms with E-state index in [4.69, 9.17) is 10.00 Å². The highest BCUT2D eigenvalue weighted by Crippen LogP contribution is 2.28. The first-order valence-electron chi connectivity index (χ1n) is 6.35. The summed E-state index contributed by atoms with van der Waals surface area (Å²) in [7, 11) is 0. The van der Waals surface area contributed by atoms with E-state index in [0.29, 0.717) is 6.61 Å². The van der Waals surface area contributed by atoms with Gasteiger partial charge in [-0.3, -0.25) is 0 Å². The minimum absolute atomic E-state index is 0.706. The maximum Gasteiger partial charge on any atom is 0.133 e. The normalized spacial score (nSPS) is 10.2. The summed E-state index contributed by atoms with van der Waals surface area (Å²) in [6.07, 6.45) is 2.09. The van der Waals surface area contributed by atoms with Crippen LogP contribution in [0.2, 0.25) is 0 Å². The molecule has 0 unspecified atom stereocenters. The highest BCUT2D eigenvalue weighted by atomic mass is 32.2. The van der Waals surface area contributed by atoms with Gasteiger partial charge in [0, 0.05) is 5.75 Å². The summed E-state index contributed by atoms with van der Waals surface area (Å²) in [5.41, 5.74) is 5.28. The van der Waals surface area contributed by atoms with Gasteiger partial charge in [0.05, 0.1) is 6.61 Å². The van der Waals surface area contributed by atoms with Crippen LogP contribution in [0.5, 0.6) is 5.75 Å². The second-order valence-corrected chi connectivity index (χ2v) is 5.28. The van der Waals surface area contributed by atoms with Gasteiger partial charge in [-0.1, -0.05) is 0 Å². The van der Waals surface area contributed by atoms with Gasteiger partial charge in [0.15, 0.2) is 0 Å². The van der Waals surface area contributed by atoms with E-state index in [2.05, 4.69) is 32.2 Å². The standard InChI is InChI=1S/C15H21NOS/c1-5-17-15-9-11(2)14(12(3)13(15)4)7-6-8-18-10-16/h9H,5-8H2,1-4H3. The number of thioether (sulfide) groups is 1. The molecule has 1 aromatic rings. The maximum absolute atomic E-state index is 8.51. The molecule has 0 spiro atoms. The zero-order chi connectivity index (χ0) is 13.5. The van der Waals surface area contributed by atoms with E-state index in [1.807, 2.05) is 6.92 Å². The number of thiocyanates is 1. The van der Waals surface area contributed by atoms with Crippen LogP contribution in [0.1, 0.15) is 35.6 Å². The molecule has 2 nitrogen and oxygen atoms in total. The van der Waals surface area contributed by atoms with Gasteiger partial charge in [-0.05, 0) is 80.6 Å². The molecule has 0 aliphatic carbocycles. The van der Waals surface area contributed by atoms with Crippen LogP contribution in [0.15, 0.2) is 6.07 Å². The van der Waals surface area contributed by atoms with Crippen LogP contribution in [0.4, 0.5) is 0 Å². The average molecular weight is 263 g/mol. The Morgan fingerprint density at radius 2 is 2.00 bits per heavy atom. The SMILES string of the molecule is CCOc1cc(C)c(CCCSC#N)c(C)c1C. The van der Waals surface area contributed by atoms with E-state index in [9.17, 15) is 0 Å². The Balaban J connectivity index is 2.86. The topological polar surface area (TPSA) is 33.0 Å². The van der Waals surface area contributed by atoms with Crippen LogP contribution in [0.3, 0.4) is 0 Å². The van der Waals surface area contributed by atoms with Crippen molar-refractivity contribution < 1.29 is 4.74 Å². The third-order valence-electron chi connectivity index (χ3n) is 3.25. The Hall–Kier alpha value is -1.14. The lowest BCUT2D eigenvalue weighted by Crippen LogP contribution is -2.02. The fraction of sp³-hybridized carbons (Fsp3) is 0.533. The molecule has 0 N–H and O–H groups in total. The molecule has 3 heteroatoms. The van der Waals surface area contributed by atoms with Gasteiger partial charge in [0.1, 0.15) is 11.2 Å². The zero-order valence-corrected chi connectivity index (χ0v) is 12.5. The van der Waals surface area contributed by atoms with Crippen molar-refractivity contribution in [3.8, 4) is 11.2 Å². The van der Waals surface area contributed by atoms with Crippen molar-refractivity contribution in [2.75, 3.05) is 12.4 Å². The fourth-order valence-corrected chi connectivity index (χ4v) is 2.54. The molecule has 98 valence electrons. The summed E-state index contributed by atoms with van der Waals surface area (Å²) in [6.45, 7) is 9.14. The molecule has 0 heterocycles. The van der Waals surface area contributed by atoms with E-state index >= 15 is 0 Å². The lowest BCUT2D eigenvalue weighted by Gasteiger charge is -2.16. The molecular formula is C15H21NOS. The largest absolute Gasteiger partial charge is 0.494 e. The number of benzene rings is 1. The van der Waals surface area contributed by atoms with Crippen molar-refractivity contribution in [2.24, 2.45) is 0 Å². The molecule has 1 aromatic carbocycles. The van der Waals surface area contributed by atoms with Crippen LogP contribution in [-0.4, -0.2) is 12.4 Å². The quantitative estimate of drug-likeness (QED) is 0.571. The Bertz CT molecular complexity index is 449. The summed E-state index contributed by atoms with van der Waals surface area (Å²) in [5, 5.41) is 10.6. The number of ether oxygens (including phenoxy) is 1. The van der Waals surface area contributed by atoms with Gasteiger partial charge < -0.3 is 4.74 Å². The Kier molecular flexibility index (Phi) is 6.07. The van der Waals surface area contributed by atoms with E-state index in [1.165, 1.54) is 34.0 Å². The van der Waals surface area contributed by atoms with Crippen molar-refractivity contribution in [3.05, 3.63) is 28.3 Å². The number of aryl methyl sites for hydroxylation is 1. The molecule has 0 bridgehead atoms. The first-order chi connectivity index (χ1) is 8.61. The minimum Gasteiger partial charge on any atom is -0.494 e. The predicted octanol–water partition coefficient (Wildman–Crippen LogP) is 4.16. The van der Waals surface area contributed by atoms with E-state index < -0.39 is 0 Å². The third-order valence-corrected chi connectivity index (χ3v) is 3.87. The highest BCUT2D eigenvalue weighted by Gasteiger charge is 2.10. The highest BCUT2D eigenvalue weighted by molar-refractivity contribution is 8.03. The van der Waals surface area contributed by atoms with Gasteiger partial charge in [-0.2, -0.15) is 5.26 Å². The van der Waals surface area contributed by atoms with Crippen LogP contribution >= 0.6 is 11.8 Å². The van der Waals surface area contributed by atoms with Crippen LogP contribution in [0.25, 0.3) is 0 Å². The molecule has 0 atom stereocenters. The van der Waals surface area contributed by atoms with Crippen molar-refractivity contribution in [1.82, 2.24) is 0 Å². The zero-order valence-electron chi connectivity index (χ0n) is 11.7. The second kappa shape index (κ2) is 7.33. The molecular weight excluding hydrogens is 242 g/mol. The molecule has 0 saturated heterocycles. The number of rotatable bonds is 6. The van der Waals surface area contributed by atoms with Crippen LogP contribution in [-0.2, 0) is 6.42 Å². The summed E-state index contributed by atoms with van der Waals surface area (Å²) in [5.74, 6) is 1.91. The summed E-state index contributed by atoms with van der Waals surface area (Å²) in [6, 6.07) is 2.14. The fourth-order valence-electron chi connectivity index (χ4n) is 2.16. The summed E-state index contributed by atoms with van der Waals surface area (Å²) >= 11 is 1.34. The monoisotopic (exact) mass is 263 g/mol. The molecule has 1 rings (SSSR count). The number of hydrogen-bond donors (Lipinski definition) is 0. The van der Waals surface area contributed by atoms with Crippen molar-refractivity contribution >= 4 is 11.8 Å². The van der Waals surface area contributed by atoms with Crippen molar-refractivity contribution in [2.45, 2.75) is 40.5 Å². The van der Waals surface area contributed by atoms with Crippen molar-refractivity contribution in [3.63, 3.8) is 0 Å². The van der Waals surface area contributed by atoms with Gasteiger partial charge in [0.2, 0.25) is 0 Å². The summed E-state index contributed by atoms with van der Waals surface area (Å²) < 4.78 is 5.65. The minimum atomic E-state index is 0.706. The number of hydrogen-bond acceptors (Lipinski definition) is 3. The first kappa shape index (κ1) is 14.9. The van der Waals surface area contributed by atoms with Crippen LogP contribution in [0, 0.1) is 31.4 Å². The summed E-state index contributed by atoms with van der Waals surface area (Å²) in [4.78, 5) is 0. The third kappa shape index (κ3) is 3.68. The van der Waals surface area contributed by atoms with Gasteiger partial charge >= 0.3 is 0 Å². The van der Waals surface area contributed by atoms with Crippen LogP contribution < -0.4 is 4.74 Å². The molecule has 0 aliphatic heterocycles. The Morgan fingerprint density at radius 1 is 1.28 bits per heavy atom. The number of nitriles is 1. The molecule has 0 aliphatic rings. The van der Waals surface area contributed by atoms with E-state index in [-0.39, 0.29) is 0 Å². The molecule has 0 fully saturated rings. The van der Waals surface area contributed by atoms with Gasteiger partial charge in [0.25, 0.3) is 0 Å². The molecule has 0 radical (unpaired) electrons. The van der Waals surface area contributed by atoms with Gasteiger partial charge in [-0.15, -0.1) is 0 Å². The lowest BCUT2D eigenvalue weighted by atomic mass is 9.94. The lowest BCUT2D eigenvalue weighted by molar-refractivity contribution is 0.337. The predicted molar refractivity (Wildman–Crippen MR) is 78.2 cm³/mol. The maximum atomic E-state index is 8.51. The van der Waals surface area contributed by atoms with E-state index in [0.717, 1.165) is 24.3 Å². The Labute approximate surface area is 114 Å². The smallest absolute Gasteiger partial charge is 0.133 e. The van der Waals surface area contributed by atoms with Crippen molar-refractivity contribution in [1.29, 1.82) is 5.26 Å². The molecule has 18 heavy (non-hydrogen) atoms. The first-order valence-corrected chi connectivity index (χ1v) is 7.33.